The Morgan fingerprint density at radius 3 is 1.95 bits per heavy atom. The normalized spacial score (nSPS) is 9.68. The number of Topliss-reactive ketones (excluding diaryl/α,β-unsaturated/α-hetero) is 1. The van der Waals surface area contributed by atoms with Crippen LogP contribution >= 0.6 is 0 Å². The quantitative estimate of drug-likeness (QED) is 0.413. The average molecular weight is 308 g/mol. The molecule has 0 radical (unpaired) electrons. The number of ketones is 1. The summed E-state index contributed by atoms with van der Waals surface area (Å²) in [5.74, 6) is 1.56. The van der Waals surface area contributed by atoms with Crippen LogP contribution in [0.4, 0.5) is 0 Å². The maximum absolute atomic E-state index is 11.9. The van der Waals surface area contributed by atoms with Gasteiger partial charge in [-0.3, -0.25) is 4.79 Å². The lowest BCUT2D eigenvalue weighted by atomic mass is 10.1. The minimum absolute atomic E-state index is 0.116. The van der Waals surface area contributed by atoms with Crippen molar-refractivity contribution in [3.8, 4) is 11.5 Å². The summed E-state index contributed by atoms with van der Waals surface area (Å²) in [6, 6.07) is 5.49. The van der Waals surface area contributed by atoms with E-state index in [1.165, 1.54) is 6.42 Å². The number of carbonyl (C=O) groups is 1. The molecular weight excluding hydrogens is 276 g/mol. The Morgan fingerprint density at radius 1 is 0.864 bits per heavy atom. The number of hydrogen-bond acceptors (Lipinski definition) is 3. The Balaban J connectivity index is 0.00000211. The Bertz CT molecular complexity index is 413. The van der Waals surface area contributed by atoms with Crippen molar-refractivity contribution in [2.75, 3.05) is 13.2 Å². The second-order valence-corrected chi connectivity index (χ2v) is 4.87. The molecule has 0 spiro atoms. The average Bonchev–Trinajstić information content (AvgIpc) is 2.57. The molecule has 1 rings (SSSR count). The lowest BCUT2D eigenvalue weighted by Crippen LogP contribution is -2.03. The molecule has 3 nitrogen and oxygen atoms in total. The van der Waals surface area contributed by atoms with Gasteiger partial charge in [-0.25, -0.2) is 0 Å². The van der Waals surface area contributed by atoms with Gasteiger partial charge in [-0.05, 0) is 25.0 Å². The molecule has 0 N–H and O–H groups in total. The minimum Gasteiger partial charge on any atom is -0.493 e. The first-order chi connectivity index (χ1) is 10.7. The van der Waals surface area contributed by atoms with Gasteiger partial charge in [0.15, 0.2) is 5.78 Å². The van der Waals surface area contributed by atoms with Crippen LogP contribution in [0.25, 0.3) is 0 Å². The highest BCUT2D eigenvalue weighted by atomic mass is 16.5. The lowest BCUT2D eigenvalue weighted by molar-refractivity contribution is 0.0987. The second kappa shape index (κ2) is 13.2. The summed E-state index contributed by atoms with van der Waals surface area (Å²) < 4.78 is 11.4. The van der Waals surface area contributed by atoms with Crippen molar-refractivity contribution in [2.24, 2.45) is 0 Å². The van der Waals surface area contributed by atoms with Gasteiger partial charge in [0.05, 0.1) is 13.2 Å². The van der Waals surface area contributed by atoms with E-state index < -0.39 is 0 Å². The molecule has 126 valence electrons. The Kier molecular flexibility index (Phi) is 12.3. The van der Waals surface area contributed by atoms with E-state index in [2.05, 4.69) is 13.8 Å². The topological polar surface area (TPSA) is 35.5 Å². The van der Waals surface area contributed by atoms with Gasteiger partial charge in [0.25, 0.3) is 0 Å². The minimum atomic E-state index is 0.116. The summed E-state index contributed by atoms with van der Waals surface area (Å²) in [4.78, 5) is 11.9. The van der Waals surface area contributed by atoms with E-state index in [0.29, 0.717) is 25.2 Å². The number of ether oxygens (including phenoxy) is 2. The van der Waals surface area contributed by atoms with E-state index in [-0.39, 0.29) is 5.78 Å². The highest BCUT2D eigenvalue weighted by Crippen LogP contribution is 2.24. The van der Waals surface area contributed by atoms with Crippen molar-refractivity contribution < 1.29 is 14.3 Å². The largest absolute Gasteiger partial charge is 0.493 e. The number of benzene rings is 1. The zero-order valence-electron chi connectivity index (χ0n) is 14.9. The third-order valence-electron chi connectivity index (χ3n) is 3.01. The fourth-order valence-electron chi connectivity index (χ4n) is 1.87. The van der Waals surface area contributed by atoms with Crippen molar-refractivity contribution in [1.29, 1.82) is 0 Å². The molecule has 22 heavy (non-hydrogen) atoms. The van der Waals surface area contributed by atoms with E-state index in [9.17, 15) is 4.79 Å². The van der Waals surface area contributed by atoms with Crippen molar-refractivity contribution in [3.05, 3.63) is 23.8 Å². The summed E-state index contributed by atoms with van der Waals surface area (Å²) in [7, 11) is 0. The molecule has 0 heterocycles. The van der Waals surface area contributed by atoms with Crippen LogP contribution in [0, 0.1) is 0 Å². The molecule has 0 bridgehead atoms. The van der Waals surface area contributed by atoms with E-state index in [1.807, 2.05) is 32.9 Å². The van der Waals surface area contributed by atoms with Crippen molar-refractivity contribution in [3.63, 3.8) is 0 Å². The Labute approximate surface area is 136 Å². The molecule has 0 aliphatic rings. The molecule has 0 unspecified atom stereocenters. The van der Waals surface area contributed by atoms with Crippen molar-refractivity contribution in [1.82, 2.24) is 0 Å². The molecule has 0 atom stereocenters. The molecule has 1 aromatic carbocycles. The van der Waals surface area contributed by atoms with Gasteiger partial charge in [-0.1, -0.05) is 47.5 Å². The van der Waals surface area contributed by atoms with Gasteiger partial charge in [0.1, 0.15) is 11.5 Å². The second-order valence-electron chi connectivity index (χ2n) is 4.87. The molecule has 0 saturated heterocycles. The van der Waals surface area contributed by atoms with Crippen LogP contribution < -0.4 is 9.47 Å². The van der Waals surface area contributed by atoms with E-state index >= 15 is 0 Å². The highest BCUT2D eigenvalue weighted by Gasteiger charge is 2.08. The Hall–Kier alpha value is -1.51. The van der Waals surface area contributed by atoms with Crippen LogP contribution in [-0.2, 0) is 0 Å². The van der Waals surface area contributed by atoms with Crippen LogP contribution in [0.5, 0.6) is 11.5 Å². The molecule has 1 aromatic rings. The monoisotopic (exact) mass is 308 g/mol. The molecule has 3 heteroatoms. The third-order valence-corrected chi connectivity index (χ3v) is 3.01. The number of carbonyl (C=O) groups excluding carboxylic acids is 1. The van der Waals surface area contributed by atoms with E-state index in [0.717, 1.165) is 30.8 Å². The van der Waals surface area contributed by atoms with Crippen LogP contribution in [-0.4, -0.2) is 19.0 Å². The lowest BCUT2D eigenvalue weighted by Gasteiger charge is -2.11. The summed E-state index contributed by atoms with van der Waals surface area (Å²) in [6.07, 6.45) is 4.80. The van der Waals surface area contributed by atoms with Crippen molar-refractivity contribution in [2.45, 2.75) is 66.7 Å². The number of unbranched alkanes of at least 4 members (excludes halogenated alkanes) is 2. The predicted octanol–water partition coefficient (Wildman–Crippen LogP) is 5.66. The standard InChI is InChI=1S/C17H26O3.C2H6/c1-4-7-8-10-20-16-12-14(17(18)6-3)11-15(13-16)19-9-5-2;1-2/h11-13H,4-10H2,1-3H3;1-2H3. The molecule has 0 fully saturated rings. The zero-order chi connectivity index (χ0) is 16.8. The molecule has 0 amide bonds. The molecular formula is C19H32O3. The SMILES string of the molecule is CC.CCCCCOc1cc(OCCC)cc(C(=O)CC)c1. The maximum Gasteiger partial charge on any atom is 0.162 e. The van der Waals surface area contributed by atoms with Gasteiger partial charge in [0, 0.05) is 18.1 Å². The predicted molar refractivity (Wildman–Crippen MR) is 93.2 cm³/mol. The fourth-order valence-corrected chi connectivity index (χ4v) is 1.87. The highest BCUT2D eigenvalue weighted by molar-refractivity contribution is 5.96. The smallest absolute Gasteiger partial charge is 0.162 e. The fraction of sp³-hybridized carbons (Fsp3) is 0.632. The Morgan fingerprint density at radius 2 is 1.45 bits per heavy atom. The first-order valence-electron chi connectivity index (χ1n) is 8.65. The summed E-state index contributed by atoms with van der Waals surface area (Å²) >= 11 is 0. The number of hydrogen-bond donors (Lipinski definition) is 0. The maximum atomic E-state index is 11.9. The third kappa shape index (κ3) is 8.06. The molecule has 0 aliphatic carbocycles. The summed E-state index contributed by atoms with van der Waals surface area (Å²) in [6.45, 7) is 11.4. The zero-order valence-corrected chi connectivity index (χ0v) is 14.9. The van der Waals surface area contributed by atoms with E-state index in [1.54, 1.807) is 6.07 Å². The van der Waals surface area contributed by atoms with Gasteiger partial charge in [-0.15, -0.1) is 0 Å². The first kappa shape index (κ1) is 20.5. The molecule has 0 aliphatic heterocycles. The van der Waals surface area contributed by atoms with E-state index in [4.69, 9.17) is 9.47 Å². The van der Waals surface area contributed by atoms with Gasteiger partial charge < -0.3 is 9.47 Å². The number of rotatable bonds is 10. The van der Waals surface area contributed by atoms with Crippen LogP contribution in [0.2, 0.25) is 0 Å². The first-order valence-corrected chi connectivity index (χ1v) is 8.65. The van der Waals surface area contributed by atoms with Crippen LogP contribution in [0.3, 0.4) is 0 Å². The van der Waals surface area contributed by atoms with Gasteiger partial charge in [-0.2, -0.15) is 0 Å². The summed E-state index contributed by atoms with van der Waals surface area (Å²) in [5, 5.41) is 0. The van der Waals surface area contributed by atoms with Crippen LogP contribution in [0.15, 0.2) is 18.2 Å². The molecule has 0 saturated carbocycles. The molecule has 0 aromatic heterocycles. The van der Waals surface area contributed by atoms with Gasteiger partial charge >= 0.3 is 0 Å². The van der Waals surface area contributed by atoms with Crippen molar-refractivity contribution >= 4 is 5.78 Å². The summed E-state index contributed by atoms with van der Waals surface area (Å²) in [5.41, 5.74) is 0.673. The van der Waals surface area contributed by atoms with Crippen LogP contribution in [0.1, 0.15) is 77.1 Å². The van der Waals surface area contributed by atoms with Gasteiger partial charge in [0.2, 0.25) is 0 Å².